The maximum absolute atomic E-state index is 13.0. The number of benzene rings is 2. The lowest BCUT2D eigenvalue weighted by Crippen LogP contribution is -2.11. The summed E-state index contributed by atoms with van der Waals surface area (Å²) in [4.78, 5) is 16.6. The van der Waals surface area contributed by atoms with Gasteiger partial charge < -0.3 is 4.74 Å². The molecule has 0 saturated heterocycles. The summed E-state index contributed by atoms with van der Waals surface area (Å²) in [7, 11) is 0. The van der Waals surface area contributed by atoms with Gasteiger partial charge in [-0.2, -0.15) is 0 Å². The molecule has 3 rings (SSSR count). The highest BCUT2D eigenvalue weighted by Gasteiger charge is 2.10. The number of halogens is 1. The number of carbonyl (C=O) groups is 1. The Morgan fingerprint density at radius 2 is 1.92 bits per heavy atom. The number of hydrogen-bond donors (Lipinski definition) is 1. The monoisotopic (exact) mass is 354 g/mol. The third-order valence-electron chi connectivity index (χ3n) is 3.35. The molecule has 1 amide bonds. The van der Waals surface area contributed by atoms with Gasteiger partial charge in [0.15, 0.2) is 5.13 Å². The third-order valence-corrected chi connectivity index (χ3v) is 4.11. The fourth-order valence-corrected chi connectivity index (χ4v) is 2.83. The molecule has 0 atom stereocenters. The van der Waals surface area contributed by atoms with Crippen molar-refractivity contribution in [2.24, 2.45) is 0 Å². The minimum Gasteiger partial charge on any atom is -0.490 e. The van der Waals surface area contributed by atoms with Crippen LogP contribution in [0.5, 0.6) is 5.75 Å². The van der Waals surface area contributed by atoms with Crippen molar-refractivity contribution in [3.05, 3.63) is 77.9 Å². The van der Waals surface area contributed by atoms with Crippen LogP contribution in [0.4, 0.5) is 9.52 Å². The van der Waals surface area contributed by atoms with Crippen LogP contribution in [-0.4, -0.2) is 17.5 Å². The van der Waals surface area contributed by atoms with E-state index in [1.807, 2.05) is 5.38 Å². The maximum Gasteiger partial charge on any atom is 0.257 e. The molecule has 0 aliphatic rings. The molecular formula is C19H15FN2O2S. The summed E-state index contributed by atoms with van der Waals surface area (Å²) in [5.74, 6) is 0.118. The maximum atomic E-state index is 13.0. The van der Waals surface area contributed by atoms with Crippen LogP contribution >= 0.6 is 11.3 Å². The minimum absolute atomic E-state index is 0.254. The molecule has 0 aliphatic heterocycles. The quantitative estimate of drug-likeness (QED) is 0.649. The molecule has 0 fully saturated rings. The van der Waals surface area contributed by atoms with Gasteiger partial charge in [0.25, 0.3) is 5.91 Å². The van der Waals surface area contributed by atoms with Crippen molar-refractivity contribution in [2.45, 2.75) is 0 Å². The van der Waals surface area contributed by atoms with E-state index in [-0.39, 0.29) is 11.7 Å². The van der Waals surface area contributed by atoms with Crippen LogP contribution in [0.2, 0.25) is 0 Å². The van der Waals surface area contributed by atoms with E-state index in [9.17, 15) is 9.18 Å². The van der Waals surface area contributed by atoms with E-state index in [0.717, 1.165) is 5.56 Å². The van der Waals surface area contributed by atoms with Gasteiger partial charge in [0.05, 0.1) is 5.69 Å². The SMILES string of the molecule is C=CCOc1ccc(C(=O)Nc2nc(-c3ccc(F)cc3)cs2)cc1. The number of hydrogen-bond acceptors (Lipinski definition) is 4. The molecule has 1 N–H and O–H groups in total. The largest absolute Gasteiger partial charge is 0.490 e. The van der Waals surface area contributed by atoms with Crippen LogP contribution in [0.1, 0.15) is 10.4 Å². The van der Waals surface area contributed by atoms with E-state index in [2.05, 4.69) is 16.9 Å². The molecule has 2 aromatic carbocycles. The molecule has 0 unspecified atom stereocenters. The van der Waals surface area contributed by atoms with Crippen LogP contribution in [-0.2, 0) is 0 Å². The van der Waals surface area contributed by atoms with Gasteiger partial charge in [-0.05, 0) is 48.5 Å². The summed E-state index contributed by atoms with van der Waals surface area (Å²) in [5, 5.41) is 5.06. The second-order valence-corrected chi connectivity index (χ2v) is 5.98. The van der Waals surface area contributed by atoms with Crippen LogP contribution in [0.3, 0.4) is 0 Å². The molecule has 25 heavy (non-hydrogen) atoms. The number of carbonyl (C=O) groups excluding carboxylic acids is 1. The normalized spacial score (nSPS) is 10.3. The summed E-state index contributed by atoms with van der Waals surface area (Å²) in [6.45, 7) is 4.00. The van der Waals surface area contributed by atoms with Crippen molar-refractivity contribution < 1.29 is 13.9 Å². The van der Waals surface area contributed by atoms with Crippen LogP contribution < -0.4 is 10.1 Å². The first-order valence-electron chi connectivity index (χ1n) is 7.52. The van der Waals surface area contributed by atoms with Gasteiger partial charge >= 0.3 is 0 Å². The lowest BCUT2D eigenvalue weighted by Gasteiger charge is -2.05. The highest BCUT2D eigenvalue weighted by molar-refractivity contribution is 7.14. The van der Waals surface area contributed by atoms with Crippen LogP contribution in [0.25, 0.3) is 11.3 Å². The van der Waals surface area contributed by atoms with E-state index >= 15 is 0 Å². The fraction of sp³-hybridized carbons (Fsp3) is 0.0526. The predicted octanol–water partition coefficient (Wildman–Crippen LogP) is 4.77. The first-order chi connectivity index (χ1) is 12.2. The smallest absolute Gasteiger partial charge is 0.257 e. The Morgan fingerprint density at radius 1 is 1.20 bits per heavy atom. The predicted molar refractivity (Wildman–Crippen MR) is 97.6 cm³/mol. The fourth-order valence-electron chi connectivity index (χ4n) is 2.11. The van der Waals surface area contributed by atoms with Gasteiger partial charge in [0, 0.05) is 16.5 Å². The third kappa shape index (κ3) is 4.30. The molecule has 0 radical (unpaired) electrons. The Bertz CT molecular complexity index is 873. The Morgan fingerprint density at radius 3 is 2.60 bits per heavy atom. The van der Waals surface area contributed by atoms with Gasteiger partial charge in [-0.1, -0.05) is 12.7 Å². The van der Waals surface area contributed by atoms with Crippen molar-refractivity contribution in [3.63, 3.8) is 0 Å². The summed E-state index contributed by atoms with van der Waals surface area (Å²) < 4.78 is 18.4. The number of nitrogens with one attached hydrogen (secondary N) is 1. The molecule has 6 heteroatoms. The number of amides is 1. The first-order valence-corrected chi connectivity index (χ1v) is 8.40. The van der Waals surface area contributed by atoms with Crippen molar-refractivity contribution in [1.29, 1.82) is 0 Å². The molecule has 4 nitrogen and oxygen atoms in total. The topological polar surface area (TPSA) is 51.2 Å². The standard InChI is InChI=1S/C19H15FN2O2S/c1-2-11-24-16-9-5-14(6-10-16)18(23)22-19-21-17(12-25-19)13-3-7-15(20)8-4-13/h2-10,12H,1,11H2,(H,21,22,23). The molecular weight excluding hydrogens is 339 g/mol. The Hall–Kier alpha value is -2.99. The Balaban J connectivity index is 1.67. The van der Waals surface area contributed by atoms with E-state index in [0.29, 0.717) is 28.7 Å². The van der Waals surface area contributed by atoms with Gasteiger partial charge in [-0.3, -0.25) is 10.1 Å². The van der Waals surface area contributed by atoms with E-state index < -0.39 is 0 Å². The average molecular weight is 354 g/mol. The van der Waals surface area contributed by atoms with E-state index in [1.165, 1.54) is 23.5 Å². The van der Waals surface area contributed by atoms with Gasteiger partial charge in [0.1, 0.15) is 18.2 Å². The van der Waals surface area contributed by atoms with Crippen LogP contribution in [0, 0.1) is 5.82 Å². The molecule has 0 saturated carbocycles. The summed E-state index contributed by atoms with van der Waals surface area (Å²) in [6.07, 6.45) is 1.65. The summed E-state index contributed by atoms with van der Waals surface area (Å²) >= 11 is 1.31. The van der Waals surface area contributed by atoms with Gasteiger partial charge in [-0.25, -0.2) is 9.37 Å². The molecule has 1 aromatic heterocycles. The number of anilines is 1. The van der Waals surface area contributed by atoms with Crippen molar-refractivity contribution in [1.82, 2.24) is 4.98 Å². The number of aromatic nitrogens is 1. The summed E-state index contributed by atoms with van der Waals surface area (Å²) in [6, 6.07) is 12.9. The molecule has 126 valence electrons. The highest BCUT2D eigenvalue weighted by atomic mass is 32.1. The number of nitrogens with zero attached hydrogens (tertiary/aromatic N) is 1. The first kappa shape index (κ1) is 16.9. The number of thiazole rings is 1. The zero-order valence-electron chi connectivity index (χ0n) is 13.2. The van der Waals surface area contributed by atoms with Crippen molar-refractivity contribution in [3.8, 4) is 17.0 Å². The Labute approximate surface area is 148 Å². The molecule has 3 aromatic rings. The van der Waals surface area contributed by atoms with Crippen molar-refractivity contribution >= 4 is 22.4 Å². The lowest BCUT2D eigenvalue weighted by atomic mass is 10.2. The number of rotatable bonds is 6. The van der Waals surface area contributed by atoms with E-state index in [4.69, 9.17) is 4.74 Å². The van der Waals surface area contributed by atoms with E-state index in [1.54, 1.807) is 42.5 Å². The molecule has 0 spiro atoms. The number of ether oxygens (including phenoxy) is 1. The second-order valence-electron chi connectivity index (χ2n) is 5.12. The van der Waals surface area contributed by atoms with Crippen LogP contribution in [0.15, 0.2) is 66.6 Å². The molecule has 0 aliphatic carbocycles. The van der Waals surface area contributed by atoms with Gasteiger partial charge in [0.2, 0.25) is 0 Å². The highest BCUT2D eigenvalue weighted by Crippen LogP contribution is 2.25. The average Bonchev–Trinajstić information content (AvgIpc) is 3.09. The summed E-state index contributed by atoms with van der Waals surface area (Å²) in [5.41, 5.74) is 1.99. The zero-order valence-corrected chi connectivity index (χ0v) is 14.1. The molecule has 1 heterocycles. The van der Waals surface area contributed by atoms with Gasteiger partial charge in [-0.15, -0.1) is 11.3 Å². The lowest BCUT2D eigenvalue weighted by molar-refractivity contribution is 0.102. The Kier molecular flexibility index (Phi) is 5.20. The minimum atomic E-state index is -0.298. The second kappa shape index (κ2) is 7.72. The van der Waals surface area contributed by atoms with Crippen molar-refractivity contribution in [2.75, 3.05) is 11.9 Å². The molecule has 0 bridgehead atoms. The zero-order chi connectivity index (χ0) is 17.6.